The fraction of sp³-hybridized carbons (Fsp3) is 0.133. The minimum atomic E-state index is -0.519. The molecule has 2 aromatic rings. The maximum atomic E-state index is 12.0. The van der Waals surface area contributed by atoms with Crippen LogP contribution in [0.3, 0.4) is 0 Å². The highest BCUT2D eigenvalue weighted by Crippen LogP contribution is 2.09. The number of benzene rings is 1. The number of carbonyl (C=O) groups is 1. The van der Waals surface area contributed by atoms with Crippen LogP contribution in [0.1, 0.15) is 22.8 Å². The van der Waals surface area contributed by atoms with Gasteiger partial charge in [-0.05, 0) is 36.8 Å². The molecule has 0 saturated carbocycles. The van der Waals surface area contributed by atoms with Crippen molar-refractivity contribution < 1.29 is 4.79 Å². The summed E-state index contributed by atoms with van der Waals surface area (Å²) in [6.45, 7) is 2.36. The number of hydrogen-bond donors (Lipinski definition) is 1. The number of pyridine rings is 1. The van der Waals surface area contributed by atoms with Crippen LogP contribution in [0.25, 0.3) is 0 Å². The van der Waals surface area contributed by atoms with Gasteiger partial charge in [-0.25, -0.2) is 5.43 Å². The average molecular weight is 348 g/mol. The predicted molar refractivity (Wildman–Crippen MR) is 85.6 cm³/mol. The Kier molecular flexibility index (Phi) is 5.05. The highest BCUT2D eigenvalue weighted by Gasteiger charge is 2.10. The SMILES string of the molecule is CCn1cccc(C(=O)N/N=C\c2cccc(Br)c2)c1=O. The van der Waals surface area contributed by atoms with E-state index in [-0.39, 0.29) is 11.1 Å². The summed E-state index contributed by atoms with van der Waals surface area (Å²) in [5.74, 6) is -0.519. The molecule has 5 nitrogen and oxygen atoms in total. The largest absolute Gasteiger partial charge is 0.315 e. The van der Waals surface area contributed by atoms with Gasteiger partial charge in [0.05, 0.1) is 6.21 Å². The van der Waals surface area contributed by atoms with E-state index in [0.717, 1.165) is 10.0 Å². The summed E-state index contributed by atoms with van der Waals surface area (Å²) in [4.78, 5) is 23.9. The maximum Gasteiger partial charge on any atom is 0.276 e. The summed E-state index contributed by atoms with van der Waals surface area (Å²) < 4.78 is 2.39. The van der Waals surface area contributed by atoms with Gasteiger partial charge in [-0.1, -0.05) is 28.1 Å². The van der Waals surface area contributed by atoms with Crippen LogP contribution >= 0.6 is 15.9 Å². The Labute approximate surface area is 130 Å². The Morgan fingerprint density at radius 1 is 1.38 bits per heavy atom. The van der Waals surface area contributed by atoms with E-state index in [0.29, 0.717) is 6.54 Å². The fourth-order valence-electron chi connectivity index (χ4n) is 1.77. The lowest BCUT2D eigenvalue weighted by Gasteiger charge is -2.04. The zero-order chi connectivity index (χ0) is 15.2. The van der Waals surface area contributed by atoms with Crippen molar-refractivity contribution in [2.75, 3.05) is 0 Å². The third-order valence-corrected chi connectivity index (χ3v) is 3.33. The molecular formula is C15H14BrN3O2. The molecule has 0 radical (unpaired) electrons. The molecule has 0 aliphatic carbocycles. The van der Waals surface area contributed by atoms with Crippen LogP contribution in [0.15, 0.2) is 57.0 Å². The summed E-state index contributed by atoms with van der Waals surface area (Å²) in [6.07, 6.45) is 3.16. The minimum Gasteiger partial charge on any atom is -0.315 e. The van der Waals surface area contributed by atoms with Crippen molar-refractivity contribution in [1.29, 1.82) is 0 Å². The van der Waals surface area contributed by atoms with Gasteiger partial charge >= 0.3 is 0 Å². The zero-order valence-electron chi connectivity index (χ0n) is 11.4. The number of hydrogen-bond acceptors (Lipinski definition) is 3. The molecule has 108 valence electrons. The molecule has 0 aliphatic heterocycles. The van der Waals surface area contributed by atoms with Gasteiger partial charge in [0.15, 0.2) is 0 Å². The standard InChI is InChI=1S/C15H14BrN3O2/c1-2-19-8-4-7-13(15(19)21)14(20)18-17-10-11-5-3-6-12(16)9-11/h3-10H,2H2,1H3,(H,18,20)/b17-10-. The molecule has 1 N–H and O–H groups in total. The Hall–Kier alpha value is -2.21. The van der Waals surface area contributed by atoms with Crippen LogP contribution in [-0.4, -0.2) is 16.7 Å². The number of amides is 1. The molecule has 1 amide bonds. The topological polar surface area (TPSA) is 63.5 Å². The lowest BCUT2D eigenvalue weighted by Crippen LogP contribution is -2.30. The van der Waals surface area contributed by atoms with E-state index in [2.05, 4.69) is 26.5 Å². The maximum absolute atomic E-state index is 12.0. The molecule has 0 fully saturated rings. The van der Waals surface area contributed by atoms with Gasteiger partial charge in [-0.15, -0.1) is 0 Å². The van der Waals surface area contributed by atoms with Crippen LogP contribution in [0.5, 0.6) is 0 Å². The van der Waals surface area contributed by atoms with Crippen molar-refractivity contribution in [2.45, 2.75) is 13.5 Å². The second-order valence-electron chi connectivity index (χ2n) is 4.27. The number of aryl methyl sites for hydroxylation is 1. The molecule has 1 heterocycles. The Balaban J connectivity index is 2.11. The van der Waals surface area contributed by atoms with Crippen molar-refractivity contribution in [1.82, 2.24) is 9.99 Å². The average Bonchev–Trinajstić information content (AvgIpc) is 2.47. The van der Waals surface area contributed by atoms with Crippen LogP contribution < -0.4 is 11.0 Å². The first kappa shape index (κ1) is 15.2. The molecule has 0 spiro atoms. The number of hydrazone groups is 1. The monoisotopic (exact) mass is 347 g/mol. The number of rotatable bonds is 4. The first-order valence-corrected chi connectivity index (χ1v) is 7.19. The molecule has 6 heteroatoms. The molecule has 2 rings (SSSR count). The van der Waals surface area contributed by atoms with E-state index in [1.54, 1.807) is 12.3 Å². The first-order chi connectivity index (χ1) is 10.1. The van der Waals surface area contributed by atoms with Gasteiger partial charge in [0.1, 0.15) is 5.56 Å². The van der Waals surface area contributed by atoms with E-state index in [4.69, 9.17) is 0 Å². The number of nitrogens with one attached hydrogen (secondary N) is 1. The van der Waals surface area contributed by atoms with Crippen molar-refractivity contribution in [3.63, 3.8) is 0 Å². The van der Waals surface area contributed by atoms with E-state index in [9.17, 15) is 9.59 Å². The molecule has 0 bridgehead atoms. The summed E-state index contributed by atoms with van der Waals surface area (Å²) in [5, 5.41) is 3.86. The Morgan fingerprint density at radius 3 is 2.90 bits per heavy atom. The van der Waals surface area contributed by atoms with Crippen molar-refractivity contribution in [2.24, 2.45) is 5.10 Å². The molecule has 21 heavy (non-hydrogen) atoms. The quantitative estimate of drug-likeness (QED) is 0.681. The normalized spacial score (nSPS) is 10.8. The predicted octanol–water partition coefficient (Wildman–Crippen LogP) is 2.39. The Morgan fingerprint density at radius 2 is 2.19 bits per heavy atom. The van der Waals surface area contributed by atoms with Gasteiger partial charge in [0.25, 0.3) is 11.5 Å². The van der Waals surface area contributed by atoms with Crippen LogP contribution in [0.4, 0.5) is 0 Å². The summed E-state index contributed by atoms with van der Waals surface area (Å²) in [6, 6.07) is 10.6. The second kappa shape index (κ2) is 6.99. The van der Waals surface area contributed by atoms with Crippen LogP contribution in [0.2, 0.25) is 0 Å². The zero-order valence-corrected chi connectivity index (χ0v) is 13.0. The van der Waals surface area contributed by atoms with E-state index in [1.165, 1.54) is 16.8 Å². The Bertz CT molecular complexity index is 738. The highest BCUT2D eigenvalue weighted by atomic mass is 79.9. The van der Waals surface area contributed by atoms with Crippen LogP contribution in [-0.2, 0) is 6.54 Å². The number of carbonyl (C=O) groups excluding carboxylic acids is 1. The molecule has 1 aromatic carbocycles. The molecular weight excluding hydrogens is 334 g/mol. The van der Waals surface area contributed by atoms with E-state index >= 15 is 0 Å². The lowest BCUT2D eigenvalue weighted by molar-refractivity contribution is 0.0953. The summed E-state index contributed by atoms with van der Waals surface area (Å²) in [5.41, 5.74) is 2.95. The van der Waals surface area contributed by atoms with Crippen molar-refractivity contribution in [3.05, 3.63) is 68.5 Å². The third kappa shape index (κ3) is 3.88. The molecule has 0 saturated heterocycles. The van der Waals surface area contributed by atoms with Gasteiger partial charge < -0.3 is 4.57 Å². The van der Waals surface area contributed by atoms with E-state index < -0.39 is 5.91 Å². The van der Waals surface area contributed by atoms with Gasteiger partial charge in [-0.3, -0.25) is 9.59 Å². The third-order valence-electron chi connectivity index (χ3n) is 2.83. The smallest absolute Gasteiger partial charge is 0.276 e. The highest BCUT2D eigenvalue weighted by molar-refractivity contribution is 9.10. The summed E-state index contributed by atoms with van der Waals surface area (Å²) in [7, 11) is 0. The van der Waals surface area contributed by atoms with Gasteiger partial charge in [-0.2, -0.15) is 5.10 Å². The van der Waals surface area contributed by atoms with Gasteiger partial charge in [0, 0.05) is 17.2 Å². The molecule has 0 atom stereocenters. The van der Waals surface area contributed by atoms with Crippen molar-refractivity contribution in [3.8, 4) is 0 Å². The first-order valence-electron chi connectivity index (χ1n) is 6.40. The van der Waals surface area contributed by atoms with Gasteiger partial charge in [0.2, 0.25) is 0 Å². The lowest BCUT2D eigenvalue weighted by atomic mass is 10.2. The second-order valence-corrected chi connectivity index (χ2v) is 5.18. The molecule has 0 unspecified atom stereocenters. The molecule has 0 aliphatic rings. The fourth-order valence-corrected chi connectivity index (χ4v) is 2.19. The number of halogens is 1. The van der Waals surface area contributed by atoms with E-state index in [1.807, 2.05) is 31.2 Å². The molecule has 1 aromatic heterocycles. The van der Waals surface area contributed by atoms with Crippen LogP contribution in [0, 0.1) is 0 Å². The minimum absolute atomic E-state index is 0.0748. The number of aromatic nitrogens is 1. The van der Waals surface area contributed by atoms with Crippen molar-refractivity contribution >= 4 is 28.1 Å². The number of nitrogens with zero attached hydrogens (tertiary/aromatic N) is 2. The summed E-state index contributed by atoms with van der Waals surface area (Å²) >= 11 is 3.35.